The lowest BCUT2D eigenvalue weighted by molar-refractivity contribution is 0.241. The van der Waals surface area contributed by atoms with Gasteiger partial charge in [0, 0.05) is 50.2 Å². The van der Waals surface area contributed by atoms with Crippen molar-refractivity contribution in [3.05, 3.63) is 75.2 Å². The van der Waals surface area contributed by atoms with Gasteiger partial charge in [0.05, 0.1) is 11.3 Å². The third-order valence-electron chi connectivity index (χ3n) is 4.30. The lowest BCUT2D eigenvalue weighted by atomic mass is 10.1. The second-order valence-corrected chi connectivity index (χ2v) is 6.41. The Hall–Kier alpha value is -2.57. The van der Waals surface area contributed by atoms with Crippen LogP contribution in [0.2, 0.25) is 5.15 Å². The molecule has 0 spiro atoms. The number of nitrogens with one attached hydrogen (secondary N) is 1. The van der Waals surface area contributed by atoms with E-state index in [-0.39, 0.29) is 5.56 Å². The number of hydrogen-bond donors (Lipinski definition) is 1. The zero-order valence-corrected chi connectivity index (χ0v) is 14.2. The highest BCUT2D eigenvalue weighted by atomic mass is 35.5. The van der Waals surface area contributed by atoms with Gasteiger partial charge in [0.2, 0.25) is 0 Å². The third-order valence-corrected chi connectivity index (χ3v) is 4.52. The molecule has 7 heteroatoms. The highest BCUT2D eigenvalue weighted by molar-refractivity contribution is 6.29. The number of hydrogen-bond acceptors (Lipinski definition) is 5. The summed E-state index contributed by atoms with van der Waals surface area (Å²) in [5, 5.41) is 0.483. The minimum atomic E-state index is -0.0734. The number of pyridine rings is 2. The fourth-order valence-electron chi connectivity index (χ4n) is 3.02. The van der Waals surface area contributed by atoms with Crippen LogP contribution in [0.1, 0.15) is 16.8 Å². The van der Waals surface area contributed by atoms with Gasteiger partial charge in [0.1, 0.15) is 11.0 Å². The summed E-state index contributed by atoms with van der Waals surface area (Å²) >= 11 is 5.83. The fraction of sp³-hybridized carbons (Fsp3) is 0.222. The van der Waals surface area contributed by atoms with E-state index in [9.17, 15) is 4.79 Å². The number of H-pyrrole nitrogens is 1. The SMILES string of the molecule is O=c1[nH]c(-c2ccncc2)nc2c1CN(Cc1ccc(Cl)nc1)CC2. The van der Waals surface area contributed by atoms with Crippen molar-refractivity contribution in [2.24, 2.45) is 0 Å². The van der Waals surface area contributed by atoms with Crippen LogP contribution in [-0.2, 0) is 19.5 Å². The molecule has 0 saturated heterocycles. The molecule has 4 heterocycles. The summed E-state index contributed by atoms with van der Waals surface area (Å²) in [6, 6.07) is 7.42. The Morgan fingerprint density at radius 2 is 2.04 bits per heavy atom. The van der Waals surface area contributed by atoms with Crippen molar-refractivity contribution in [3.8, 4) is 11.4 Å². The van der Waals surface area contributed by atoms with E-state index in [0.29, 0.717) is 17.5 Å². The first-order valence-corrected chi connectivity index (χ1v) is 8.42. The van der Waals surface area contributed by atoms with Crippen molar-refractivity contribution >= 4 is 11.6 Å². The van der Waals surface area contributed by atoms with Gasteiger partial charge in [0.25, 0.3) is 5.56 Å². The van der Waals surface area contributed by atoms with E-state index in [1.165, 1.54) is 0 Å². The molecule has 25 heavy (non-hydrogen) atoms. The summed E-state index contributed by atoms with van der Waals surface area (Å²) in [6.07, 6.45) is 5.90. The van der Waals surface area contributed by atoms with E-state index in [1.54, 1.807) is 24.7 Å². The van der Waals surface area contributed by atoms with E-state index in [1.807, 2.05) is 18.2 Å². The molecular formula is C18H16ClN5O. The molecule has 1 aliphatic rings. The summed E-state index contributed by atoms with van der Waals surface area (Å²) in [5.41, 5.74) is 3.48. The molecule has 1 aliphatic heterocycles. The smallest absolute Gasteiger partial charge is 0.255 e. The van der Waals surface area contributed by atoms with Crippen LogP contribution in [0, 0.1) is 0 Å². The lowest BCUT2D eigenvalue weighted by Gasteiger charge is -2.27. The molecule has 6 nitrogen and oxygen atoms in total. The lowest BCUT2D eigenvalue weighted by Crippen LogP contribution is -2.35. The van der Waals surface area contributed by atoms with Crippen LogP contribution in [0.4, 0.5) is 0 Å². The predicted molar refractivity (Wildman–Crippen MR) is 95.2 cm³/mol. The van der Waals surface area contributed by atoms with E-state index in [4.69, 9.17) is 11.6 Å². The van der Waals surface area contributed by atoms with Crippen molar-refractivity contribution in [1.29, 1.82) is 0 Å². The Kier molecular flexibility index (Phi) is 4.29. The maximum absolute atomic E-state index is 12.5. The number of rotatable bonds is 3. The number of aromatic amines is 1. The molecule has 126 valence electrons. The molecule has 4 rings (SSSR count). The highest BCUT2D eigenvalue weighted by Gasteiger charge is 2.21. The first-order chi connectivity index (χ1) is 12.2. The van der Waals surface area contributed by atoms with Crippen LogP contribution < -0.4 is 5.56 Å². The van der Waals surface area contributed by atoms with Gasteiger partial charge in [-0.1, -0.05) is 17.7 Å². The topological polar surface area (TPSA) is 74.8 Å². The van der Waals surface area contributed by atoms with Crippen LogP contribution in [-0.4, -0.2) is 31.4 Å². The Morgan fingerprint density at radius 1 is 1.20 bits per heavy atom. The summed E-state index contributed by atoms with van der Waals surface area (Å²) in [5.74, 6) is 0.599. The minimum absolute atomic E-state index is 0.0734. The number of fused-ring (bicyclic) bond motifs is 1. The van der Waals surface area contributed by atoms with E-state index in [0.717, 1.165) is 41.9 Å². The van der Waals surface area contributed by atoms with E-state index < -0.39 is 0 Å². The van der Waals surface area contributed by atoms with Gasteiger partial charge in [-0.2, -0.15) is 0 Å². The van der Waals surface area contributed by atoms with Crippen molar-refractivity contribution < 1.29 is 0 Å². The summed E-state index contributed by atoms with van der Waals surface area (Å²) in [7, 11) is 0. The van der Waals surface area contributed by atoms with Gasteiger partial charge < -0.3 is 4.98 Å². The number of aromatic nitrogens is 4. The van der Waals surface area contributed by atoms with Gasteiger partial charge in [-0.3, -0.25) is 14.7 Å². The van der Waals surface area contributed by atoms with Crippen molar-refractivity contribution in [1.82, 2.24) is 24.8 Å². The third kappa shape index (κ3) is 3.45. The molecule has 0 amide bonds. The van der Waals surface area contributed by atoms with Gasteiger partial charge in [-0.15, -0.1) is 0 Å². The maximum Gasteiger partial charge on any atom is 0.255 e. The number of halogens is 1. The van der Waals surface area contributed by atoms with Gasteiger partial charge in [-0.25, -0.2) is 9.97 Å². The van der Waals surface area contributed by atoms with Gasteiger partial charge >= 0.3 is 0 Å². The molecule has 0 aliphatic carbocycles. The molecule has 0 radical (unpaired) electrons. The van der Waals surface area contributed by atoms with Crippen LogP contribution in [0.3, 0.4) is 0 Å². The highest BCUT2D eigenvalue weighted by Crippen LogP contribution is 2.19. The number of nitrogens with zero attached hydrogens (tertiary/aromatic N) is 4. The van der Waals surface area contributed by atoms with Crippen LogP contribution >= 0.6 is 11.6 Å². The zero-order valence-electron chi connectivity index (χ0n) is 13.4. The zero-order chi connectivity index (χ0) is 17.2. The molecule has 0 fully saturated rings. The first-order valence-electron chi connectivity index (χ1n) is 8.04. The fourth-order valence-corrected chi connectivity index (χ4v) is 3.13. The largest absolute Gasteiger partial charge is 0.306 e. The average Bonchev–Trinajstić information content (AvgIpc) is 2.65. The molecule has 0 unspecified atom stereocenters. The molecule has 3 aromatic heterocycles. The van der Waals surface area contributed by atoms with E-state index >= 15 is 0 Å². The Labute approximate surface area is 149 Å². The monoisotopic (exact) mass is 353 g/mol. The van der Waals surface area contributed by atoms with Crippen LogP contribution in [0.5, 0.6) is 0 Å². The van der Waals surface area contributed by atoms with Crippen molar-refractivity contribution in [2.75, 3.05) is 6.54 Å². The Balaban J connectivity index is 1.57. The standard InChI is InChI=1S/C18H16ClN5O/c19-16-2-1-12(9-21-16)10-24-8-5-15-14(11-24)18(25)23-17(22-15)13-3-6-20-7-4-13/h1-4,6-7,9H,5,8,10-11H2,(H,22,23,25). The van der Waals surface area contributed by atoms with Crippen LogP contribution in [0.25, 0.3) is 11.4 Å². The maximum atomic E-state index is 12.5. The summed E-state index contributed by atoms with van der Waals surface area (Å²) in [6.45, 7) is 2.16. The minimum Gasteiger partial charge on any atom is -0.306 e. The first kappa shape index (κ1) is 15.9. The van der Waals surface area contributed by atoms with E-state index in [2.05, 4.69) is 24.8 Å². The van der Waals surface area contributed by atoms with Gasteiger partial charge in [0.15, 0.2) is 0 Å². The van der Waals surface area contributed by atoms with Gasteiger partial charge in [-0.05, 0) is 23.8 Å². The molecule has 3 aromatic rings. The molecule has 0 saturated carbocycles. The Morgan fingerprint density at radius 3 is 2.80 bits per heavy atom. The van der Waals surface area contributed by atoms with Crippen LogP contribution in [0.15, 0.2) is 47.7 Å². The predicted octanol–water partition coefficient (Wildman–Crippen LogP) is 2.44. The molecule has 1 N–H and O–H groups in total. The second kappa shape index (κ2) is 6.74. The van der Waals surface area contributed by atoms with Crippen molar-refractivity contribution in [3.63, 3.8) is 0 Å². The molecule has 0 aromatic carbocycles. The molecular weight excluding hydrogens is 338 g/mol. The Bertz CT molecular complexity index is 940. The summed E-state index contributed by atoms with van der Waals surface area (Å²) in [4.78, 5) is 30.4. The quantitative estimate of drug-likeness (QED) is 0.732. The average molecular weight is 354 g/mol. The molecule has 0 atom stereocenters. The molecule has 0 bridgehead atoms. The second-order valence-electron chi connectivity index (χ2n) is 6.03. The normalized spacial score (nSPS) is 14.3. The van der Waals surface area contributed by atoms with Crippen molar-refractivity contribution in [2.45, 2.75) is 19.5 Å². The summed E-state index contributed by atoms with van der Waals surface area (Å²) < 4.78 is 0.